The Morgan fingerprint density at radius 2 is 2.00 bits per heavy atom. The highest BCUT2D eigenvalue weighted by Gasteiger charge is 2.08. The van der Waals surface area contributed by atoms with E-state index in [1.54, 1.807) is 12.1 Å². The summed E-state index contributed by atoms with van der Waals surface area (Å²) in [5, 5.41) is 2.63. The van der Waals surface area contributed by atoms with Crippen molar-refractivity contribution in [1.82, 2.24) is 4.98 Å². The summed E-state index contributed by atoms with van der Waals surface area (Å²) in [5.74, 6) is -0.726. The predicted molar refractivity (Wildman–Crippen MR) is 74.0 cm³/mol. The molecule has 0 atom stereocenters. The van der Waals surface area contributed by atoms with E-state index >= 15 is 0 Å². The van der Waals surface area contributed by atoms with Gasteiger partial charge in [-0.1, -0.05) is 0 Å². The topological polar surface area (TPSA) is 42.0 Å². The Hall–Kier alpha value is -1.27. The molecule has 0 aliphatic heterocycles. The number of hydrogen-bond donors (Lipinski definition) is 1. The van der Waals surface area contributed by atoms with E-state index in [1.165, 1.54) is 24.4 Å². The van der Waals surface area contributed by atoms with Crippen molar-refractivity contribution >= 4 is 43.5 Å². The van der Waals surface area contributed by atoms with Crippen LogP contribution in [0.5, 0.6) is 0 Å². The Morgan fingerprint density at radius 3 is 2.61 bits per heavy atom. The second kappa shape index (κ2) is 5.58. The molecule has 6 heteroatoms. The first-order chi connectivity index (χ1) is 8.56. The molecule has 0 saturated heterocycles. The number of nitrogens with zero attached hydrogens (tertiary/aromatic N) is 1. The first-order valence-corrected chi connectivity index (χ1v) is 6.53. The smallest absolute Gasteiger partial charge is 0.274 e. The molecule has 0 aliphatic carbocycles. The molecule has 0 bridgehead atoms. The highest BCUT2D eigenvalue weighted by Crippen LogP contribution is 2.20. The van der Waals surface area contributed by atoms with Gasteiger partial charge >= 0.3 is 0 Å². The average Bonchev–Trinajstić information content (AvgIpc) is 2.34. The van der Waals surface area contributed by atoms with Gasteiger partial charge in [0.15, 0.2) is 0 Å². The summed E-state index contributed by atoms with van der Waals surface area (Å²) in [6.07, 6.45) is 1.54. The first kappa shape index (κ1) is 13.2. The summed E-state index contributed by atoms with van der Waals surface area (Å²) in [5.41, 5.74) is 0.789. The number of halogens is 3. The Morgan fingerprint density at radius 1 is 1.22 bits per heavy atom. The Kier molecular flexibility index (Phi) is 4.08. The van der Waals surface area contributed by atoms with Gasteiger partial charge in [0.2, 0.25) is 0 Å². The zero-order valence-electron chi connectivity index (χ0n) is 8.95. The van der Waals surface area contributed by atoms with Crippen LogP contribution in [-0.4, -0.2) is 10.9 Å². The number of nitrogens with one attached hydrogen (secondary N) is 1. The van der Waals surface area contributed by atoms with Crippen molar-refractivity contribution in [2.75, 3.05) is 5.32 Å². The van der Waals surface area contributed by atoms with Gasteiger partial charge in [-0.25, -0.2) is 9.37 Å². The molecule has 0 spiro atoms. The second-order valence-corrected chi connectivity index (χ2v) is 5.21. The summed E-state index contributed by atoms with van der Waals surface area (Å²) < 4.78 is 14.1. The predicted octanol–water partition coefficient (Wildman–Crippen LogP) is 4.00. The quantitative estimate of drug-likeness (QED) is 0.864. The van der Waals surface area contributed by atoms with Gasteiger partial charge in [0.1, 0.15) is 11.5 Å². The maximum absolute atomic E-state index is 13.0. The number of carbonyl (C=O) groups excluding carboxylic acids is 1. The molecule has 1 heterocycles. The van der Waals surface area contributed by atoms with E-state index in [0.29, 0.717) is 15.9 Å². The third-order valence-electron chi connectivity index (χ3n) is 2.14. The largest absolute Gasteiger partial charge is 0.321 e. The minimum absolute atomic E-state index is 0.290. The fourth-order valence-electron chi connectivity index (χ4n) is 1.28. The number of rotatable bonds is 2. The van der Waals surface area contributed by atoms with Crippen LogP contribution in [0.2, 0.25) is 0 Å². The Labute approximate surface area is 120 Å². The minimum atomic E-state index is -0.380. The highest BCUT2D eigenvalue weighted by molar-refractivity contribution is 9.10. The van der Waals surface area contributed by atoms with Crippen molar-refractivity contribution in [3.63, 3.8) is 0 Å². The molecular formula is C12H7Br2FN2O. The number of carbonyl (C=O) groups is 1. The summed E-state index contributed by atoms with van der Waals surface area (Å²) in [6, 6.07) is 7.57. The zero-order chi connectivity index (χ0) is 13.1. The molecule has 0 fully saturated rings. The fourth-order valence-corrected chi connectivity index (χ4v) is 1.89. The molecule has 1 N–H and O–H groups in total. The van der Waals surface area contributed by atoms with Crippen LogP contribution in [0, 0.1) is 5.82 Å². The lowest BCUT2D eigenvalue weighted by atomic mass is 10.3. The van der Waals surface area contributed by atoms with E-state index in [2.05, 4.69) is 42.2 Å². The molecule has 18 heavy (non-hydrogen) atoms. The van der Waals surface area contributed by atoms with Gasteiger partial charge in [-0.2, -0.15) is 0 Å². The van der Waals surface area contributed by atoms with Crippen molar-refractivity contribution in [2.45, 2.75) is 0 Å². The number of hydrogen-bond acceptors (Lipinski definition) is 2. The minimum Gasteiger partial charge on any atom is -0.321 e. The Balaban J connectivity index is 2.16. The number of benzene rings is 1. The van der Waals surface area contributed by atoms with Gasteiger partial charge in [-0.05, 0) is 62.2 Å². The van der Waals surface area contributed by atoms with Crippen molar-refractivity contribution in [3.8, 4) is 0 Å². The molecule has 0 aliphatic rings. The molecule has 0 unspecified atom stereocenters. The maximum atomic E-state index is 13.0. The number of amides is 1. The van der Waals surface area contributed by atoms with Crippen molar-refractivity contribution in [2.24, 2.45) is 0 Å². The van der Waals surface area contributed by atoms with Crippen LogP contribution in [0.15, 0.2) is 45.5 Å². The van der Waals surface area contributed by atoms with Crippen LogP contribution >= 0.6 is 31.9 Å². The average molecular weight is 374 g/mol. The number of pyridine rings is 1. The van der Waals surface area contributed by atoms with Crippen LogP contribution in [0.4, 0.5) is 10.1 Å². The van der Waals surface area contributed by atoms with E-state index in [0.717, 1.165) is 4.47 Å². The van der Waals surface area contributed by atoms with E-state index in [9.17, 15) is 9.18 Å². The standard InChI is InChI=1S/C12H7Br2FN2O/c13-7-1-4-11(16-6-7)12(18)17-8-2-3-10(15)9(14)5-8/h1-6H,(H,17,18). The SMILES string of the molecule is O=C(Nc1ccc(F)c(Br)c1)c1ccc(Br)cn1. The third kappa shape index (κ3) is 3.14. The monoisotopic (exact) mass is 372 g/mol. The third-order valence-corrected chi connectivity index (χ3v) is 3.21. The van der Waals surface area contributed by atoms with Crippen LogP contribution < -0.4 is 5.32 Å². The molecule has 3 nitrogen and oxygen atoms in total. The molecule has 2 rings (SSSR count). The van der Waals surface area contributed by atoms with Gasteiger partial charge < -0.3 is 5.32 Å². The first-order valence-electron chi connectivity index (χ1n) is 4.94. The molecule has 1 aromatic carbocycles. The molecular weight excluding hydrogens is 367 g/mol. The molecule has 1 aromatic heterocycles. The van der Waals surface area contributed by atoms with E-state index < -0.39 is 0 Å². The second-order valence-electron chi connectivity index (χ2n) is 3.44. The molecule has 2 aromatic rings. The van der Waals surface area contributed by atoms with Crippen LogP contribution in [0.25, 0.3) is 0 Å². The van der Waals surface area contributed by atoms with Crippen LogP contribution in [-0.2, 0) is 0 Å². The highest BCUT2D eigenvalue weighted by atomic mass is 79.9. The van der Waals surface area contributed by atoms with Gasteiger partial charge in [-0.15, -0.1) is 0 Å². The van der Waals surface area contributed by atoms with Crippen molar-refractivity contribution in [1.29, 1.82) is 0 Å². The molecule has 0 radical (unpaired) electrons. The molecule has 1 amide bonds. The van der Waals surface area contributed by atoms with Gasteiger partial charge in [0.25, 0.3) is 5.91 Å². The summed E-state index contributed by atoms with van der Waals surface area (Å²) in [6.45, 7) is 0. The van der Waals surface area contributed by atoms with Crippen LogP contribution in [0.1, 0.15) is 10.5 Å². The number of aromatic nitrogens is 1. The van der Waals surface area contributed by atoms with Gasteiger partial charge in [0, 0.05) is 16.4 Å². The summed E-state index contributed by atoms with van der Waals surface area (Å²) in [7, 11) is 0. The van der Waals surface area contributed by atoms with E-state index in [4.69, 9.17) is 0 Å². The van der Waals surface area contributed by atoms with E-state index in [1.807, 2.05) is 0 Å². The normalized spacial score (nSPS) is 10.2. The lowest BCUT2D eigenvalue weighted by Gasteiger charge is -2.05. The lowest BCUT2D eigenvalue weighted by molar-refractivity contribution is 0.102. The lowest BCUT2D eigenvalue weighted by Crippen LogP contribution is -2.13. The van der Waals surface area contributed by atoms with Crippen molar-refractivity contribution in [3.05, 3.63) is 57.0 Å². The fraction of sp³-hybridized carbons (Fsp3) is 0. The maximum Gasteiger partial charge on any atom is 0.274 e. The molecule has 92 valence electrons. The Bertz CT molecular complexity index is 587. The van der Waals surface area contributed by atoms with Gasteiger partial charge in [-0.3, -0.25) is 4.79 Å². The number of anilines is 1. The van der Waals surface area contributed by atoms with Crippen molar-refractivity contribution < 1.29 is 9.18 Å². The van der Waals surface area contributed by atoms with Crippen LogP contribution in [0.3, 0.4) is 0 Å². The molecule has 0 saturated carbocycles. The summed E-state index contributed by atoms with van der Waals surface area (Å²) >= 11 is 6.29. The summed E-state index contributed by atoms with van der Waals surface area (Å²) in [4.78, 5) is 15.8. The zero-order valence-corrected chi connectivity index (χ0v) is 12.1. The van der Waals surface area contributed by atoms with E-state index in [-0.39, 0.29) is 11.7 Å². The van der Waals surface area contributed by atoms with Gasteiger partial charge in [0.05, 0.1) is 4.47 Å².